The van der Waals surface area contributed by atoms with E-state index < -0.39 is 0 Å². The summed E-state index contributed by atoms with van der Waals surface area (Å²) in [6.45, 7) is 12.1. The van der Waals surface area contributed by atoms with Gasteiger partial charge in [-0.1, -0.05) is 66.7 Å². The molecule has 5 unspecified atom stereocenters. The zero-order chi connectivity index (χ0) is 13.5. The standard InChI is InChI=1S/C18H36/c1-6-8-17(7-2)16(5)13-14(3)9-11-18-12-10-15(18)4/h14-18H,6-13H2,1-5H3. The molecule has 0 nitrogen and oxygen atoms in total. The van der Waals surface area contributed by atoms with Crippen LogP contribution in [0.5, 0.6) is 0 Å². The molecule has 0 aliphatic heterocycles. The van der Waals surface area contributed by atoms with Crippen molar-refractivity contribution < 1.29 is 0 Å². The second-order valence-electron chi connectivity index (χ2n) is 7.17. The minimum Gasteiger partial charge on any atom is -0.0654 e. The summed E-state index contributed by atoms with van der Waals surface area (Å²) in [7, 11) is 0. The first-order valence-electron chi connectivity index (χ1n) is 8.58. The molecule has 1 fully saturated rings. The molecule has 0 amide bonds. The van der Waals surface area contributed by atoms with E-state index in [-0.39, 0.29) is 0 Å². The van der Waals surface area contributed by atoms with Gasteiger partial charge in [0, 0.05) is 0 Å². The zero-order valence-electron chi connectivity index (χ0n) is 13.5. The van der Waals surface area contributed by atoms with E-state index in [0.29, 0.717) is 0 Å². The Morgan fingerprint density at radius 1 is 1.06 bits per heavy atom. The number of hydrogen-bond donors (Lipinski definition) is 0. The Hall–Kier alpha value is 0. The maximum absolute atomic E-state index is 2.49. The van der Waals surface area contributed by atoms with Crippen molar-refractivity contribution in [2.24, 2.45) is 29.6 Å². The van der Waals surface area contributed by atoms with Crippen LogP contribution in [0.15, 0.2) is 0 Å². The maximum atomic E-state index is 2.49. The molecule has 1 aliphatic rings. The molecular formula is C18H36. The summed E-state index contributed by atoms with van der Waals surface area (Å²) in [5, 5.41) is 0. The van der Waals surface area contributed by atoms with Gasteiger partial charge < -0.3 is 0 Å². The van der Waals surface area contributed by atoms with Crippen molar-refractivity contribution in [3.8, 4) is 0 Å². The van der Waals surface area contributed by atoms with Crippen LogP contribution < -0.4 is 0 Å². The van der Waals surface area contributed by atoms with E-state index in [1.165, 1.54) is 51.4 Å². The molecule has 0 spiro atoms. The topological polar surface area (TPSA) is 0 Å². The summed E-state index contributed by atoms with van der Waals surface area (Å²) in [4.78, 5) is 0. The smallest absolute Gasteiger partial charge is 0.0388 e. The molecule has 0 heteroatoms. The minimum atomic E-state index is 0.934. The monoisotopic (exact) mass is 252 g/mol. The van der Waals surface area contributed by atoms with E-state index >= 15 is 0 Å². The van der Waals surface area contributed by atoms with Crippen molar-refractivity contribution in [1.29, 1.82) is 0 Å². The van der Waals surface area contributed by atoms with Crippen molar-refractivity contribution in [3.05, 3.63) is 0 Å². The van der Waals surface area contributed by atoms with Crippen LogP contribution in [-0.4, -0.2) is 0 Å². The van der Waals surface area contributed by atoms with E-state index in [2.05, 4.69) is 34.6 Å². The van der Waals surface area contributed by atoms with Gasteiger partial charge in [0.1, 0.15) is 0 Å². The Morgan fingerprint density at radius 3 is 2.22 bits per heavy atom. The Morgan fingerprint density at radius 2 is 1.78 bits per heavy atom. The summed E-state index contributed by atoms with van der Waals surface area (Å²) < 4.78 is 0. The highest BCUT2D eigenvalue weighted by Crippen LogP contribution is 2.38. The molecule has 1 rings (SSSR count). The average Bonchev–Trinajstić information content (AvgIpc) is 2.33. The Balaban J connectivity index is 2.19. The number of rotatable bonds is 9. The van der Waals surface area contributed by atoms with Crippen LogP contribution in [0, 0.1) is 29.6 Å². The molecule has 0 saturated heterocycles. The quantitative estimate of drug-likeness (QED) is 0.451. The van der Waals surface area contributed by atoms with Crippen molar-refractivity contribution >= 4 is 0 Å². The van der Waals surface area contributed by atoms with Crippen LogP contribution >= 0.6 is 0 Å². The van der Waals surface area contributed by atoms with Gasteiger partial charge in [-0.05, 0) is 48.9 Å². The van der Waals surface area contributed by atoms with Gasteiger partial charge in [0.25, 0.3) is 0 Å². The normalized spacial score (nSPS) is 28.5. The highest BCUT2D eigenvalue weighted by molar-refractivity contribution is 4.78. The van der Waals surface area contributed by atoms with Gasteiger partial charge in [-0.15, -0.1) is 0 Å². The van der Waals surface area contributed by atoms with Crippen LogP contribution in [-0.2, 0) is 0 Å². The van der Waals surface area contributed by atoms with Crippen LogP contribution in [0.25, 0.3) is 0 Å². The van der Waals surface area contributed by atoms with E-state index in [9.17, 15) is 0 Å². The molecule has 1 saturated carbocycles. The van der Waals surface area contributed by atoms with Gasteiger partial charge in [-0.25, -0.2) is 0 Å². The second-order valence-corrected chi connectivity index (χ2v) is 7.17. The summed E-state index contributed by atoms with van der Waals surface area (Å²) >= 11 is 0. The van der Waals surface area contributed by atoms with Gasteiger partial charge in [-0.2, -0.15) is 0 Å². The minimum absolute atomic E-state index is 0.934. The third-order valence-electron chi connectivity index (χ3n) is 5.59. The molecule has 108 valence electrons. The average molecular weight is 252 g/mol. The molecule has 0 bridgehead atoms. The first kappa shape index (κ1) is 16.1. The number of hydrogen-bond acceptors (Lipinski definition) is 0. The first-order valence-corrected chi connectivity index (χ1v) is 8.58. The molecule has 1 aliphatic carbocycles. The van der Waals surface area contributed by atoms with Crippen molar-refractivity contribution in [2.45, 2.75) is 86.0 Å². The van der Waals surface area contributed by atoms with Crippen molar-refractivity contribution in [1.82, 2.24) is 0 Å². The van der Waals surface area contributed by atoms with Gasteiger partial charge in [-0.3, -0.25) is 0 Å². The van der Waals surface area contributed by atoms with Gasteiger partial charge >= 0.3 is 0 Å². The molecule has 0 radical (unpaired) electrons. The van der Waals surface area contributed by atoms with Crippen molar-refractivity contribution in [2.75, 3.05) is 0 Å². The summed E-state index contributed by atoms with van der Waals surface area (Å²) in [5.74, 6) is 4.95. The van der Waals surface area contributed by atoms with Gasteiger partial charge in [0.05, 0.1) is 0 Å². The van der Waals surface area contributed by atoms with Crippen LogP contribution in [0.1, 0.15) is 86.0 Å². The molecule has 0 heterocycles. The predicted octanol–water partition coefficient (Wildman–Crippen LogP) is 6.30. The summed E-state index contributed by atoms with van der Waals surface area (Å²) in [6, 6.07) is 0. The van der Waals surface area contributed by atoms with Crippen LogP contribution in [0.3, 0.4) is 0 Å². The highest BCUT2D eigenvalue weighted by Gasteiger charge is 2.27. The fourth-order valence-electron chi connectivity index (χ4n) is 3.87. The van der Waals surface area contributed by atoms with Gasteiger partial charge in [0.2, 0.25) is 0 Å². The van der Waals surface area contributed by atoms with Crippen molar-refractivity contribution in [3.63, 3.8) is 0 Å². The van der Waals surface area contributed by atoms with E-state index in [1.807, 2.05) is 0 Å². The molecule has 0 aromatic heterocycles. The maximum Gasteiger partial charge on any atom is -0.0388 e. The molecule has 0 N–H and O–H groups in total. The highest BCUT2D eigenvalue weighted by atomic mass is 14.3. The lowest BCUT2D eigenvalue weighted by Crippen LogP contribution is -2.23. The fraction of sp³-hybridized carbons (Fsp3) is 1.00. The Labute approximate surface area is 116 Å². The third kappa shape index (κ3) is 4.94. The lowest BCUT2D eigenvalue weighted by atomic mass is 9.71. The summed E-state index contributed by atoms with van der Waals surface area (Å²) in [5.41, 5.74) is 0. The molecule has 0 aromatic rings. The van der Waals surface area contributed by atoms with Crippen LogP contribution in [0.2, 0.25) is 0 Å². The molecular weight excluding hydrogens is 216 g/mol. The zero-order valence-corrected chi connectivity index (χ0v) is 13.5. The molecule has 18 heavy (non-hydrogen) atoms. The van der Waals surface area contributed by atoms with E-state index in [4.69, 9.17) is 0 Å². The van der Waals surface area contributed by atoms with Crippen LogP contribution in [0.4, 0.5) is 0 Å². The predicted molar refractivity (Wildman–Crippen MR) is 82.8 cm³/mol. The second kappa shape index (κ2) is 8.23. The Bertz CT molecular complexity index is 208. The van der Waals surface area contributed by atoms with E-state index in [0.717, 1.165) is 29.6 Å². The van der Waals surface area contributed by atoms with E-state index in [1.54, 1.807) is 0 Å². The third-order valence-corrected chi connectivity index (χ3v) is 5.59. The Kier molecular flexibility index (Phi) is 7.34. The summed E-state index contributed by atoms with van der Waals surface area (Å²) in [6.07, 6.45) is 11.6. The first-order chi connectivity index (χ1) is 8.58. The van der Waals surface area contributed by atoms with Gasteiger partial charge in [0.15, 0.2) is 0 Å². The lowest BCUT2D eigenvalue weighted by molar-refractivity contribution is 0.165. The molecule has 5 atom stereocenters. The molecule has 0 aromatic carbocycles. The SMILES string of the molecule is CCCC(CC)C(C)CC(C)CCC1CCC1C. The lowest BCUT2D eigenvalue weighted by Gasteiger charge is -2.35. The largest absolute Gasteiger partial charge is 0.0654 e. The fourth-order valence-corrected chi connectivity index (χ4v) is 3.87.